The molecule has 6 heteroatoms. The highest BCUT2D eigenvalue weighted by molar-refractivity contribution is 6.14. The van der Waals surface area contributed by atoms with Gasteiger partial charge < -0.3 is 5.73 Å². The van der Waals surface area contributed by atoms with E-state index in [0.29, 0.717) is 25.1 Å². The maximum atomic E-state index is 13.7. The van der Waals surface area contributed by atoms with E-state index in [1.54, 1.807) is 6.92 Å². The van der Waals surface area contributed by atoms with E-state index in [2.05, 4.69) is 5.10 Å². The maximum absolute atomic E-state index is 13.7. The summed E-state index contributed by atoms with van der Waals surface area (Å²) in [5.41, 5.74) is 6.02. The Kier molecular flexibility index (Phi) is 3.90. The molecule has 0 aliphatic carbocycles. The van der Waals surface area contributed by atoms with Crippen molar-refractivity contribution in [2.75, 3.05) is 11.6 Å². The zero-order valence-electron chi connectivity index (χ0n) is 10.6. The average Bonchev–Trinajstić information content (AvgIpc) is 2.63. The molecule has 1 heterocycles. The maximum Gasteiger partial charge on any atom is 0.256 e. The predicted molar refractivity (Wildman–Crippen MR) is 68.7 cm³/mol. The van der Waals surface area contributed by atoms with E-state index in [1.165, 1.54) is 6.07 Å². The second-order valence-electron chi connectivity index (χ2n) is 4.47. The Morgan fingerprint density at radius 1 is 1.42 bits per heavy atom. The summed E-state index contributed by atoms with van der Waals surface area (Å²) >= 11 is 0. The van der Waals surface area contributed by atoms with Crippen LogP contribution in [0.5, 0.6) is 0 Å². The van der Waals surface area contributed by atoms with Gasteiger partial charge in [-0.1, -0.05) is 0 Å². The van der Waals surface area contributed by atoms with Crippen LogP contribution in [0.2, 0.25) is 0 Å². The number of amides is 1. The molecule has 1 aromatic rings. The lowest BCUT2D eigenvalue weighted by molar-refractivity contribution is -0.119. The van der Waals surface area contributed by atoms with Crippen LogP contribution in [0.1, 0.15) is 19.8 Å². The van der Waals surface area contributed by atoms with Crippen LogP contribution in [0.4, 0.5) is 14.5 Å². The Morgan fingerprint density at radius 3 is 2.79 bits per heavy atom. The number of hydrazone groups is 1. The van der Waals surface area contributed by atoms with Gasteiger partial charge in [0.15, 0.2) is 5.82 Å². The van der Waals surface area contributed by atoms with E-state index in [4.69, 9.17) is 5.73 Å². The second kappa shape index (κ2) is 5.44. The number of hydrogen-bond acceptors (Lipinski definition) is 3. The van der Waals surface area contributed by atoms with Crippen molar-refractivity contribution in [3.05, 3.63) is 29.8 Å². The highest BCUT2D eigenvalue weighted by atomic mass is 19.1. The number of hydrogen-bond donors (Lipinski definition) is 1. The fourth-order valence-corrected chi connectivity index (χ4v) is 2.08. The summed E-state index contributed by atoms with van der Waals surface area (Å²) in [6.45, 7) is 2.21. The van der Waals surface area contributed by atoms with Gasteiger partial charge in [0, 0.05) is 11.8 Å². The third-order valence-corrected chi connectivity index (χ3v) is 3.10. The summed E-state index contributed by atoms with van der Waals surface area (Å²) in [6, 6.07) is 3.05. The number of carbonyl (C=O) groups is 1. The summed E-state index contributed by atoms with van der Waals surface area (Å²) in [6.07, 6.45) is 1.28. The van der Waals surface area contributed by atoms with Crippen molar-refractivity contribution >= 4 is 17.3 Å². The summed E-state index contributed by atoms with van der Waals surface area (Å²) in [5, 5.41) is 5.07. The molecule has 1 aliphatic rings. The van der Waals surface area contributed by atoms with Gasteiger partial charge in [0.1, 0.15) is 11.5 Å². The molecular weight excluding hydrogens is 252 g/mol. The summed E-state index contributed by atoms with van der Waals surface area (Å²) in [7, 11) is 0. The minimum atomic E-state index is -0.802. The average molecular weight is 267 g/mol. The monoisotopic (exact) mass is 267 g/mol. The smallest absolute Gasteiger partial charge is 0.256 e. The van der Waals surface area contributed by atoms with E-state index in [0.717, 1.165) is 17.1 Å². The van der Waals surface area contributed by atoms with Crippen LogP contribution < -0.4 is 10.7 Å². The van der Waals surface area contributed by atoms with Crippen molar-refractivity contribution < 1.29 is 13.6 Å². The fourth-order valence-electron chi connectivity index (χ4n) is 2.08. The van der Waals surface area contributed by atoms with Gasteiger partial charge in [-0.05, 0) is 38.4 Å². The summed E-state index contributed by atoms with van der Waals surface area (Å²) in [5.74, 6) is -2.15. The topological polar surface area (TPSA) is 58.7 Å². The molecule has 2 N–H and O–H groups in total. The minimum absolute atomic E-state index is 0.0269. The quantitative estimate of drug-likeness (QED) is 0.907. The summed E-state index contributed by atoms with van der Waals surface area (Å²) in [4.78, 5) is 12.2. The zero-order chi connectivity index (χ0) is 14.0. The molecule has 1 amide bonds. The first kappa shape index (κ1) is 13.6. The van der Waals surface area contributed by atoms with Crippen LogP contribution in [0, 0.1) is 17.6 Å². The molecule has 0 saturated heterocycles. The van der Waals surface area contributed by atoms with E-state index >= 15 is 0 Å². The van der Waals surface area contributed by atoms with Gasteiger partial charge in [-0.25, -0.2) is 8.78 Å². The largest absolute Gasteiger partial charge is 0.330 e. The van der Waals surface area contributed by atoms with Crippen LogP contribution in [-0.4, -0.2) is 18.2 Å². The first-order valence-corrected chi connectivity index (χ1v) is 6.08. The molecule has 0 aromatic heterocycles. The van der Waals surface area contributed by atoms with Gasteiger partial charge in [0.05, 0.1) is 5.92 Å². The van der Waals surface area contributed by atoms with Crippen molar-refractivity contribution in [1.82, 2.24) is 0 Å². The minimum Gasteiger partial charge on any atom is -0.330 e. The Hall–Kier alpha value is -1.82. The van der Waals surface area contributed by atoms with Crippen LogP contribution in [0.3, 0.4) is 0 Å². The molecular formula is C13H15F2N3O. The number of carbonyl (C=O) groups excluding carboxylic acids is 1. The van der Waals surface area contributed by atoms with Gasteiger partial charge in [-0.2, -0.15) is 10.1 Å². The molecule has 1 aromatic carbocycles. The number of halogens is 2. The lowest BCUT2D eigenvalue weighted by Crippen LogP contribution is -2.28. The first-order chi connectivity index (χ1) is 9.04. The first-order valence-electron chi connectivity index (χ1n) is 6.08. The van der Waals surface area contributed by atoms with Crippen molar-refractivity contribution in [2.24, 2.45) is 16.8 Å². The second-order valence-corrected chi connectivity index (χ2v) is 4.47. The van der Waals surface area contributed by atoms with Crippen LogP contribution in [0.15, 0.2) is 23.3 Å². The van der Waals surface area contributed by atoms with Gasteiger partial charge in [0.25, 0.3) is 5.91 Å². The van der Waals surface area contributed by atoms with Crippen LogP contribution >= 0.6 is 0 Å². The third kappa shape index (κ3) is 2.63. The Bertz CT molecular complexity index is 531. The van der Waals surface area contributed by atoms with E-state index in [1.807, 2.05) is 0 Å². The van der Waals surface area contributed by atoms with E-state index < -0.39 is 11.6 Å². The van der Waals surface area contributed by atoms with Gasteiger partial charge in [0.2, 0.25) is 0 Å². The van der Waals surface area contributed by atoms with Gasteiger partial charge in [-0.15, -0.1) is 0 Å². The highest BCUT2D eigenvalue weighted by Crippen LogP contribution is 2.28. The Morgan fingerprint density at radius 2 is 2.16 bits per heavy atom. The van der Waals surface area contributed by atoms with Gasteiger partial charge >= 0.3 is 0 Å². The van der Waals surface area contributed by atoms with Crippen molar-refractivity contribution in [3.8, 4) is 0 Å². The lowest BCUT2D eigenvalue weighted by Gasteiger charge is -2.14. The fraction of sp³-hybridized carbons (Fsp3) is 0.385. The van der Waals surface area contributed by atoms with E-state index in [9.17, 15) is 13.6 Å². The number of rotatable bonds is 4. The van der Waals surface area contributed by atoms with E-state index in [-0.39, 0.29) is 17.5 Å². The lowest BCUT2D eigenvalue weighted by atomic mass is 9.98. The molecule has 1 aliphatic heterocycles. The molecule has 0 spiro atoms. The highest BCUT2D eigenvalue weighted by Gasteiger charge is 2.34. The Balaban J connectivity index is 2.25. The molecule has 1 atom stereocenters. The number of nitrogens with zero attached hydrogens (tertiary/aromatic N) is 2. The molecule has 4 nitrogen and oxygen atoms in total. The molecule has 0 saturated carbocycles. The normalized spacial score (nSPS) is 18.9. The molecule has 2 rings (SSSR count). The van der Waals surface area contributed by atoms with Crippen molar-refractivity contribution in [3.63, 3.8) is 0 Å². The van der Waals surface area contributed by atoms with Crippen LogP contribution in [-0.2, 0) is 4.79 Å². The van der Waals surface area contributed by atoms with Crippen molar-refractivity contribution in [1.29, 1.82) is 0 Å². The molecule has 102 valence electrons. The third-order valence-electron chi connectivity index (χ3n) is 3.10. The van der Waals surface area contributed by atoms with Gasteiger partial charge in [-0.3, -0.25) is 4.79 Å². The molecule has 0 fully saturated rings. The molecule has 0 bridgehead atoms. The Labute approximate surface area is 109 Å². The molecule has 0 radical (unpaired) electrons. The predicted octanol–water partition coefficient (Wildman–Crippen LogP) is 2.04. The van der Waals surface area contributed by atoms with Crippen LogP contribution in [0.25, 0.3) is 0 Å². The number of benzene rings is 1. The number of nitrogens with two attached hydrogens (primary N) is 1. The van der Waals surface area contributed by atoms with Crippen molar-refractivity contribution in [2.45, 2.75) is 19.8 Å². The summed E-state index contributed by atoms with van der Waals surface area (Å²) < 4.78 is 26.5. The zero-order valence-corrected chi connectivity index (χ0v) is 10.6. The molecule has 1 unspecified atom stereocenters. The molecule has 19 heavy (non-hydrogen) atoms. The number of anilines is 1. The SMILES string of the molecule is CC1=NN(c2ccc(F)cc2F)C(=O)C1CCCN. The standard InChI is InChI=1S/C13H15F2N3O/c1-8-10(3-2-6-16)13(19)18(17-8)12-5-4-9(14)7-11(12)15/h4-5,7,10H,2-3,6,16H2,1H3.